The Morgan fingerprint density at radius 1 is 1.60 bits per heavy atom. The van der Waals surface area contributed by atoms with Crippen molar-refractivity contribution in [1.82, 2.24) is 5.43 Å². The number of nitrogens with one attached hydrogen (secondary N) is 1. The number of hydrogen-bond donors (Lipinski definition) is 1. The Bertz CT molecular complexity index is 572. The van der Waals surface area contributed by atoms with Crippen molar-refractivity contribution in [3.63, 3.8) is 0 Å². The van der Waals surface area contributed by atoms with Crippen LogP contribution in [0, 0.1) is 0 Å². The van der Waals surface area contributed by atoms with Crippen LogP contribution in [0.25, 0.3) is 0 Å². The van der Waals surface area contributed by atoms with Crippen LogP contribution in [0.5, 0.6) is 5.75 Å². The van der Waals surface area contributed by atoms with Gasteiger partial charge in [0.1, 0.15) is 18.4 Å². The Balaban J connectivity index is 3.38. The van der Waals surface area contributed by atoms with Crippen molar-refractivity contribution in [2.75, 3.05) is 20.8 Å². The maximum absolute atomic E-state index is 12.8. The lowest BCUT2D eigenvalue weighted by molar-refractivity contribution is 0.0480. The summed E-state index contributed by atoms with van der Waals surface area (Å²) in [6, 6.07) is 0. The number of hydrogen-bond acceptors (Lipinski definition) is 8. The first kappa shape index (κ1) is 16.0. The summed E-state index contributed by atoms with van der Waals surface area (Å²) in [6.45, 7) is 1.72. The SMILES string of the molecule is CCOC(=O)c1occ(/C(=N/NC)SF)c(=O)c1OC. The average Bonchev–Trinajstić information content (AvgIpc) is 2.45. The summed E-state index contributed by atoms with van der Waals surface area (Å²) in [5, 5.41) is 3.34. The summed E-state index contributed by atoms with van der Waals surface area (Å²) < 4.78 is 27.3. The van der Waals surface area contributed by atoms with Gasteiger partial charge in [0.2, 0.25) is 11.2 Å². The Hall–Kier alpha value is -2.03. The molecule has 0 radical (unpaired) electrons. The summed E-state index contributed by atoms with van der Waals surface area (Å²) in [4.78, 5) is 23.7. The van der Waals surface area contributed by atoms with E-state index >= 15 is 0 Å². The molecule has 0 aliphatic rings. The molecule has 0 aromatic carbocycles. The fraction of sp³-hybridized carbons (Fsp3) is 0.364. The molecule has 1 aromatic rings. The molecule has 0 spiro atoms. The van der Waals surface area contributed by atoms with Crippen LogP contribution in [0.2, 0.25) is 0 Å². The molecule has 110 valence electrons. The van der Waals surface area contributed by atoms with Gasteiger partial charge in [-0.1, -0.05) is 0 Å². The maximum Gasteiger partial charge on any atom is 0.378 e. The monoisotopic (exact) mass is 304 g/mol. The van der Waals surface area contributed by atoms with Gasteiger partial charge in [-0.2, -0.15) is 8.99 Å². The first-order valence-corrected chi connectivity index (χ1v) is 6.22. The summed E-state index contributed by atoms with van der Waals surface area (Å²) in [5.74, 6) is -1.58. The molecule has 1 aromatic heterocycles. The molecule has 0 saturated carbocycles. The van der Waals surface area contributed by atoms with E-state index in [1.165, 1.54) is 14.2 Å². The first-order chi connectivity index (χ1) is 9.60. The molecule has 0 aliphatic heterocycles. The molecule has 9 heteroatoms. The highest BCUT2D eigenvalue weighted by atomic mass is 32.2. The topological polar surface area (TPSA) is 90.1 Å². The number of hydrazone groups is 1. The van der Waals surface area contributed by atoms with Gasteiger partial charge in [0.05, 0.1) is 19.3 Å². The van der Waals surface area contributed by atoms with E-state index in [0.29, 0.717) is 0 Å². The van der Waals surface area contributed by atoms with Gasteiger partial charge >= 0.3 is 5.97 Å². The molecule has 1 rings (SSSR count). The average molecular weight is 304 g/mol. The van der Waals surface area contributed by atoms with Gasteiger partial charge in [0.25, 0.3) is 5.76 Å². The van der Waals surface area contributed by atoms with E-state index in [0.717, 1.165) is 6.26 Å². The zero-order chi connectivity index (χ0) is 15.1. The molecule has 1 heterocycles. The number of rotatable bonds is 5. The van der Waals surface area contributed by atoms with Crippen LogP contribution >= 0.6 is 12.1 Å². The number of carbonyl (C=O) groups excluding carboxylic acids is 1. The molecule has 0 bridgehead atoms. The van der Waals surface area contributed by atoms with E-state index in [1.54, 1.807) is 6.92 Å². The van der Waals surface area contributed by atoms with E-state index in [1.807, 2.05) is 0 Å². The molecule has 0 unspecified atom stereocenters. The van der Waals surface area contributed by atoms with Gasteiger partial charge in [-0.3, -0.25) is 4.79 Å². The van der Waals surface area contributed by atoms with E-state index in [2.05, 4.69) is 10.5 Å². The molecule has 0 aliphatic carbocycles. The van der Waals surface area contributed by atoms with Crippen LogP contribution < -0.4 is 15.6 Å². The van der Waals surface area contributed by atoms with Crippen molar-refractivity contribution in [3.05, 3.63) is 27.8 Å². The maximum atomic E-state index is 12.8. The van der Waals surface area contributed by atoms with Crippen molar-refractivity contribution in [2.24, 2.45) is 5.10 Å². The van der Waals surface area contributed by atoms with Gasteiger partial charge in [0, 0.05) is 7.05 Å². The fourth-order valence-corrected chi connectivity index (χ4v) is 1.69. The Labute approximate surface area is 118 Å². The standard InChI is InChI=1S/C11H13FN2O5S/c1-4-18-11(16)9-8(17-3)7(15)6(5-19-9)10(20-12)14-13-2/h5,13H,4H2,1-3H3/b14-10-. The lowest BCUT2D eigenvalue weighted by atomic mass is 10.2. The van der Waals surface area contributed by atoms with E-state index in [9.17, 15) is 13.5 Å². The highest BCUT2D eigenvalue weighted by molar-refractivity contribution is 8.10. The number of methoxy groups -OCH3 is 1. The zero-order valence-electron chi connectivity index (χ0n) is 11.1. The smallest absolute Gasteiger partial charge is 0.378 e. The van der Waals surface area contributed by atoms with E-state index in [4.69, 9.17) is 13.9 Å². The summed E-state index contributed by atoms with van der Waals surface area (Å²) in [5.41, 5.74) is 1.46. The van der Waals surface area contributed by atoms with Crippen LogP contribution in [0.3, 0.4) is 0 Å². The third-order valence-corrected chi connectivity index (χ3v) is 2.59. The second-order valence-corrected chi connectivity index (χ2v) is 3.82. The van der Waals surface area contributed by atoms with Gasteiger partial charge in [0.15, 0.2) is 5.04 Å². The van der Waals surface area contributed by atoms with Crippen LogP contribution in [-0.4, -0.2) is 31.8 Å². The summed E-state index contributed by atoms with van der Waals surface area (Å²) in [6.07, 6.45) is 0.930. The molecule has 20 heavy (non-hydrogen) atoms. The van der Waals surface area contributed by atoms with Crippen LogP contribution in [0.15, 0.2) is 20.6 Å². The van der Waals surface area contributed by atoms with Gasteiger partial charge in [-0.05, 0) is 6.92 Å². The largest absolute Gasteiger partial charge is 0.489 e. The van der Waals surface area contributed by atoms with Gasteiger partial charge in [-0.15, -0.1) is 0 Å². The highest BCUT2D eigenvalue weighted by Crippen LogP contribution is 2.19. The lowest BCUT2D eigenvalue weighted by Crippen LogP contribution is -2.20. The lowest BCUT2D eigenvalue weighted by Gasteiger charge is -2.07. The molecule has 0 fully saturated rings. The quantitative estimate of drug-likeness (QED) is 0.380. The Morgan fingerprint density at radius 3 is 2.80 bits per heavy atom. The Morgan fingerprint density at radius 2 is 2.30 bits per heavy atom. The molecule has 1 N–H and O–H groups in total. The van der Waals surface area contributed by atoms with Crippen molar-refractivity contribution in [2.45, 2.75) is 6.92 Å². The molecular weight excluding hydrogens is 291 g/mol. The first-order valence-electron chi connectivity index (χ1n) is 5.50. The number of halogens is 1. The van der Waals surface area contributed by atoms with Crippen LogP contribution in [0.4, 0.5) is 3.89 Å². The minimum absolute atomic E-state index is 0.111. The molecule has 0 atom stereocenters. The van der Waals surface area contributed by atoms with E-state index < -0.39 is 11.4 Å². The number of nitrogens with zero attached hydrogens (tertiary/aromatic N) is 1. The predicted molar refractivity (Wildman–Crippen MR) is 71.8 cm³/mol. The summed E-state index contributed by atoms with van der Waals surface area (Å²) >= 11 is -0.239. The number of carbonyl (C=O) groups is 1. The van der Waals surface area contributed by atoms with Crippen molar-refractivity contribution in [3.8, 4) is 5.75 Å². The minimum atomic E-state index is -0.840. The molecular formula is C11H13FN2O5S. The fourth-order valence-electron chi connectivity index (χ4n) is 1.34. The van der Waals surface area contributed by atoms with Crippen molar-refractivity contribution < 1.29 is 22.6 Å². The molecule has 0 amide bonds. The van der Waals surface area contributed by atoms with Crippen LogP contribution in [-0.2, 0) is 4.74 Å². The normalized spacial score (nSPS) is 11.1. The number of esters is 1. The molecule has 7 nitrogen and oxygen atoms in total. The molecule has 0 saturated heterocycles. The third kappa shape index (κ3) is 3.29. The van der Waals surface area contributed by atoms with Crippen molar-refractivity contribution in [1.29, 1.82) is 0 Å². The Kier molecular flexibility index (Phi) is 6.04. The second-order valence-electron chi connectivity index (χ2n) is 3.28. The second kappa shape index (κ2) is 7.53. The van der Waals surface area contributed by atoms with E-state index in [-0.39, 0.29) is 40.9 Å². The minimum Gasteiger partial charge on any atom is -0.489 e. The highest BCUT2D eigenvalue weighted by Gasteiger charge is 2.24. The van der Waals surface area contributed by atoms with Gasteiger partial charge < -0.3 is 19.3 Å². The summed E-state index contributed by atoms with van der Waals surface area (Å²) in [7, 11) is 2.64. The third-order valence-electron chi connectivity index (χ3n) is 2.13. The van der Waals surface area contributed by atoms with Gasteiger partial charge in [-0.25, -0.2) is 4.79 Å². The van der Waals surface area contributed by atoms with Crippen LogP contribution in [0.1, 0.15) is 23.0 Å². The predicted octanol–water partition coefficient (Wildman–Crippen LogP) is 1.32. The van der Waals surface area contributed by atoms with Crippen molar-refractivity contribution >= 4 is 23.2 Å². The number of ether oxygens (including phenoxy) is 2. The zero-order valence-corrected chi connectivity index (χ0v) is 11.9.